The lowest BCUT2D eigenvalue weighted by atomic mass is 10.3. The van der Waals surface area contributed by atoms with Gasteiger partial charge >= 0.3 is 6.09 Å². The minimum Gasteiger partial charge on any atom is -0.465 e. The Labute approximate surface area is 88.1 Å². The average Bonchev–Trinajstić information content (AvgIpc) is 2.98. The summed E-state index contributed by atoms with van der Waals surface area (Å²) in [6, 6.07) is 4.24. The predicted octanol–water partition coefficient (Wildman–Crippen LogP) is 1.86. The van der Waals surface area contributed by atoms with Crippen LogP contribution < -0.4 is 0 Å². The summed E-state index contributed by atoms with van der Waals surface area (Å²) >= 11 is 0. The molecule has 1 aromatic heterocycles. The highest BCUT2D eigenvalue weighted by atomic mass is 16.4. The molecule has 4 heteroatoms. The Morgan fingerprint density at radius 1 is 1.33 bits per heavy atom. The second-order valence-corrected chi connectivity index (χ2v) is 4.38. The molecule has 1 aromatic rings. The second-order valence-electron chi connectivity index (χ2n) is 4.38. The number of hydrogen-bond acceptors (Lipinski definition) is 1. The minimum atomic E-state index is -0.810. The molecule has 0 radical (unpaired) electrons. The monoisotopic (exact) mass is 206 g/mol. The number of carbonyl (C=O) groups is 1. The fourth-order valence-electron chi connectivity index (χ4n) is 2.33. The zero-order chi connectivity index (χ0) is 10.4. The number of carboxylic acid groups (broad SMARTS) is 1. The lowest BCUT2D eigenvalue weighted by molar-refractivity contribution is 0.132. The molecular weight excluding hydrogens is 192 g/mol. The van der Waals surface area contributed by atoms with Gasteiger partial charge in [0, 0.05) is 24.5 Å². The molecule has 0 aromatic carbocycles. The van der Waals surface area contributed by atoms with Gasteiger partial charge in [-0.1, -0.05) is 0 Å². The number of fused-ring (bicyclic) bond motifs is 1. The molecule has 0 bridgehead atoms. The summed E-state index contributed by atoms with van der Waals surface area (Å²) in [6.45, 7) is 1.99. The van der Waals surface area contributed by atoms with Crippen LogP contribution in [0.25, 0.3) is 0 Å². The third-order valence-corrected chi connectivity index (χ3v) is 3.32. The largest absolute Gasteiger partial charge is 0.465 e. The first kappa shape index (κ1) is 8.83. The summed E-state index contributed by atoms with van der Waals surface area (Å²) in [6.07, 6.45) is 1.79. The third kappa shape index (κ3) is 1.40. The molecule has 2 heterocycles. The van der Waals surface area contributed by atoms with Crippen LogP contribution in [0.3, 0.4) is 0 Å². The number of rotatable bonds is 1. The van der Waals surface area contributed by atoms with E-state index in [0.29, 0.717) is 13.1 Å². The Kier molecular flexibility index (Phi) is 1.78. The molecule has 1 amide bonds. The van der Waals surface area contributed by atoms with E-state index in [1.807, 2.05) is 0 Å². The average molecular weight is 206 g/mol. The van der Waals surface area contributed by atoms with Gasteiger partial charge in [-0.05, 0) is 30.9 Å². The van der Waals surface area contributed by atoms with Crippen molar-refractivity contribution in [3.63, 3.8) is 0 Å². The molecule has 0 unspecified atom stereocenters. The van der Waals surface area contributed by atoms with Gasteiger partial charge in [0.2, 0.25) is 0 Å². The Bertz CT molecular complexity index is 407. The van der Waals surface area contributed by atoms with Crippen LogP contribution >= 0.6 is 0 Å². The van der Waals surface area contributed by atoms with Crippen molar-refractivity contribution in [3.8, 4) is 0 Å². The molecule has 15 heavy (non-hydrogen) atoms. The van der Waals surface area contributed by atoms with E-state index >= 15 is 0 Å². The first-order chi connectivity index (χ1) is 7.25. The van der Waals surface area contributed by atoms with Crippen LogP contribution in [0, 0.1) is 0 Å². The van der Waals surface area contributed by atoms with Gasteiger partial charge in [0.25, 0.3) is 0 Å². The molecule has 1 aliphatic heterocycles. The summed E-state index contributed by atoms with van der Waals surface area (Å²) in [5.74, 6) is 0.745. The normalized spacial score (nSPS) is 20.1. The maximum atomic E-state index is 10.8. The molecule has 2 aliphatic rings. The summed E-state index contributed by atoms with van der Waals surface area (Å²) < 4.78 is 2.30. The molecule has 80 valence electrons. The quantitative estimate of drug-likeness (QED) is 0.762. The van der Waals surface area contributed by atoms with Gasteiger partial charge < -0.3 is 14.6 Å². The van der Waals surface area contributed by atoms with Crippen molar-refractivity contribution < 1.29 is 9.90 Å². The van der Waals surface area contributed by atoms with Crippen molar-refractivity contribution in [1.29, 1.82) is 0 Å². The van der Waals surface area contributed by atoms with Gasteiger partial charge in [0.05, 0.1) is 6.54 Å². The lowest BCUT2D eigenvalue weighted by Gasteiger charge is -2.27. The lowest BCUT2D eigenvalue weighted by Crippen LogP contribution is -2.37. The Hall–Kier alpha value is -1.45. The zero-order valence-corrected chi connectivity index (χ0v) is 8.52. The standard InChI is InChI=1S/C11H14N2O2/c14-11(15)12-5-6-13-9(7-12)3-4-10(13)8-1-2-8/h3-4,8H,1-2,5-7H2,(H,14,15). The fraction of sp³-hybridized carbons (Fsp3) is 0.545. The van der Waals surface area contributed by atoms with Gasteiger partial charge in [-0.15, -0.1) is 0 Å². The van der Waals surface area contributed by atoms with Crippen LogP contribution in [-0.4, -0.2) is 27.2 Å². The van der Waals surface area contributed by atoms with Gasteiger partial charge in [-0.2, -0.15) is 0 Å². The third-order valence-electron chi connectivity index (χ3n) is 3.32. The van der Waals surface area contributed by atoms with Crippen LogP contribution in [0.5, 0.6) is 0 Å². The van der Waals surface area contributed by atoms with Crippen molar-refractivity contribution >= 4 is 6.09 Å². The van der Waals surface area contributed by atoms with Crippen molar-refractivity contribution in [3.05, 3.63) is 23.5 Å². The van der Waals surface area contributed by atoms with E-state index in [0.717, 1.165) is 18.2 Å². The first-order valence-corrected chi connectivity index (χ1v) is 5.42. The maximum Gasteiger partial charge on any atom is 0.407 e. The van der Waals surface area contributed by atoms with Crippen LogP contribution in [0.4, 0.5) is 4.79 Å². The molecule has 1 fully saturated rings. The molecule has 1 saturated carbocycles. The second kappa shape index (κ2) is 3.02. The van der Waals surface area contributed by atoms with Crippen LogP contribution in [0.15, 0.2) is 12.1 Å². The Balaban J connectivity index is 1.88. The van der Waals surface area contributed by atoms with Crippen LogP contribution in [0.2, 0.25) is 0 Å². The molecule has 3 rings (SSSR count). The highest BCUT2D eigenvalue weighted by Crippen LogP contribution is 2.41. The van der Waals surface area contributed by atoms with Gasteiger partial charge in [-0.25, -0.2) is 4.79 Å². The van der Waals surface area contributed by atoms with E-state index in [1.54, 1.807) is 0 Å². The SMILES string of the molecule is O=C(O)N1CCn2c(ccc2C2CC2)C1. The smallest absolute Gasteiger partial charge is 0.407 e. The summed E-state index contributed by atoms with van der Waals surface area (Å²) in [7, 11) is 0. The zero-order valence-electron chi connectivity index (χ0n) is 8.52. The number of nitrogens with zero attached hydrogens (tertiary/aromatic N) is 2. The van der Waals surface area contributed by atoms with Crippen molar-refractivity contribution in [2.24, 2.45) is 0 Å². The highest BCUT2D eigenvalue weighted by molar-refractivity contribution is 5.65. The van der Waals surface area contributed by atoms with Crippen molar-refractivity contribution in [1.82, 2.24) is 9.47 Å². The number of hydrogen-bond donors (Lipinski definition) is 1. The van der Waals surface area contributed by atoms with Crippen LogP contribution in [0.1, 0.15) is 30.1 Å². The summed E-state index contributed by atoms with van der Waals surface area (Å²) in [4.78, 5) is 12.3. The molecular formula is C11H14N2O2. The topological polar surface area (TPSA) is 45.5 Å². The van der Waals surface area contributed by atoms with Gasteiger partial charge in [-0.3, -0.25) is 0 Å². The van der Waals surface area contributed by atoms with Gasteiger partial charge in [0.15, 0.2) is 0 Å². The van der Waals surface area contributed by atoms with E-state index in [1.165, 1.54) is 23.4 Å². The van der Waals surface area contributed by atoms with E-state index in [-0.39, 0.29) is 0 Å². The Morgan fingerprint density at radius 2 is 2.13 bits per heavy atom. The Morgan fingerprint density at radius 3 is 2.80 bits per heavy atom. The van der Waals surface area contributed by atoms with Crippen molar-refractivity contribution in [2.75, 3.05) is 6.54 Å². The molecule has 0 atom stereocenters. The summed E-state index contributed by atoms with van der Waals surface area (Å²) in [5, 5.41) is 8.91. The molecule has 0 saturated heterocycles. The molecule has 4 nitrogen and oxygen atoms in total. The first-order valence-electron chi connectivity index (χ1n) is 5.42. The van der Waals surface area contributed by atoms with E-state index in [9.17, 15) is 4.79 Å². The van der Waals surface area contributed by atoms with E-state index in [2.05, 4.69) is 16.7 Å². The number of aromatic nitrogens is 1. The minimum absolute atomic E-state index is 0.544. The van der Waals surface area contributed by atoms with Crippen LogP contribution in [-0.2, 0) is 13.1 Å². The van der Waals surface area contributed by atoms with Crippen molar-refractivity contribution in [2.45, 2.75) is 31.8 Å². The molecule has 1 aliphatic carbocycles. The maximum absolute atomic E-state index is 10.8. The van der Waals surface area contributed by atoms with Gasteiger partial charge in [0.1, 0.15) is 0 Å². The number of amides is 1. The van der Waals surface area contributed by atoms with E-state index in [4.69, 9.17) is 5.11 Å². The molecule has 0 spiro atoms. The highest BCUT2D eigenvalue weighted by Gasteiger charge is 2.29. The summed E-state index contributed by atoms with van der Waals surface area (Å²) in [5.41, 5.74) is 2.56. The fourth-order valence-corrected chi connectivity index (χ4v) is 2.33. The molecule has 1 N–H and O–H groups in total. The van der Waals surface area contributed by atoms with E-state index < -0.39 is 6.09 Å². The predicted molar refractivity (Wildman–Crippen MR) is 54.8 cm³/mol.